The van der Waals surface area contributed by atoms with Crippen LogP contribution in [0.15, 0.2) is 36.8 Å². The van der Waals surface area contributed by atoms with E-state index in [0.29, 0.717) is 10.1 Å². The van der Waals surface area contributed by atoms with Crippen LogP contribution in [0, 0.1) is 5.82 Å². The van der Waals surface area contributed by atoms with Crippen LogP contribution in [-0.2, 0) is 12.7 Å². The van der Waals surface area contributed by atoms with Gasteiger partial charge in [-0.3, -0.25) is 10.1 Å². The molecule has 1 N–H and O–H groups in total. The molecule has 33 heavy (non-hydrogen) atoms. The zero-order valence-corrected chi connectivity index (χ0v) is 17.4. The third kappa shape index (κ3) is 4.25. The second kappa shape index (κ2) is 7.80. The summed E-state index contributed by atoms with van der Waals surface area (Å²) in [6.45, 7) is 0.167. The van der Waals surface area contributed by atoms with Crippen molar-refractivity contribution >= 4 is 29.1 Å². The zero-order valence-electron chi connectivity index (χ0n) is 16.6. The van der Waals surface area contributed by atoms with E-state index in [-0.39, 0.29) is 40.3 Å². The van der Waals surface area contributed by atoms with Gasteiger partial charge in [-0.05, 0) is 36.6 Å². The van der Waals surface area contributed by atoms with E-state index >= 15 is 0 Å². The molecule has 1 aromatic carbocycles. The van der Waals surface area contributed by atoms with Crippen LogP contribution in [-0.4, -0.2) is 35.3 Å². The normalized spacial score (nSPS) is 14.1. The Bertz CT molecular complexity index is 1380. The van der Waals surface area contributed by atoms with Gasteiger partial charge >= 0.3 is 6.18 Å². The van der Waals surface area contributed by atoms with Crippen LogP contribution in [0.3, 0.4) is 0 Å². The Morgan fingerprint density at radius 1 is 1.24 bits per heavy atom. The first-order valence-electron chi connectivity index (χ1n) is 9.79. The predicted octanol–water partition coefficient (Wildman–Crippen LogP) is 4.31. The summed E-state index contributed by atoms with van der Waals surface area (Å²) < 4.78 is 55.8. The van der Waals surface area contributed by atoms with E-state index in [4.69, 9.17) is 11.6 Å². The second-order valence-corrected chi connectivity index (χ2v) is 7.99. The number of fused-ring (bicyclic) bond motifs is 1. The van der Waals surface area contributed by atoms with Crippen molar-refractivity contribution in [3.8, 4) is 0 Å². The van der Waals surface area contributed by atoms with Gasteiger partial charge in [0.2, 0.25) is 5.95 Å². The van der Waals surface area contributed by atoms with E-state index in [1.54, 1.807) is 0 Å². The average molecular weight is 480 g/mol. The molecule has 4 aromatic rings. The number of amides is 1. The quantitative estimate of drug-likeness (QED) is 0.431. The molecule has 13 heteroatoms. The third-order valence-electron chi connectivity index (χ3n) is 5.13. The van der Waals surface area contributed by atoms with Gasteiger partial charge in [-0.2, -0.15) is 18.3 Å². The van der Waals surface area contributed by atoms with E-state index in [9.17, 15) is 22.4 Å². The van der Waals surface area contributed by atoms with Crippen LogP contribution in [0.2, 0.25) is 5.02 Å². The highest BCUT2D eigenvalue weighted by Gasteiger charge is 2.38. The monoisotopic (exact) mass is 479 g/mol. The second-order valence-electron chi connectivity index (χ2n) is 7.59. The van der Waals surface area contributed by atoms with Gasteiger partial charge in [0.25, 0.3) is 5.91 Å². The molecule has 0 bridgehead atoms. The summed E-state index contributed by atoms with van der Waals surface area (Å²) >= 11 is 6.01. The van der Waals surface area contributed by atoms with E-state index in [1.807, 2.05) is 0 Å². The van der Waals surface area contributed by atoms with Crippen LogP contribution < -0.4 is 5.32 Å². The Labute approximate surface area is 188 Å². The number of hydrogen-bond donors (Lipinski definition) is 1. The minimum Gasteiger partial charge on any atom is -0.289 e. The summed E-state index contributed by atoms with van der Waals surface area (Å²) in [5.41, 5.74) is -0.461. The van der Waals surface area contributed by atoms with Crippen molar-refractivity contribution in [1.82, 2.24) is 29.4 Å². The molecule has 8 nitrogen and oxygen atoms in total. The van der Waals surface area contributed by atoms with Crippen LogP contribution in [0.4, 0.5) is 23.5 Å². The molecule has 1 amide bonds. The number of aromatic nitrogens is 6. The summed E-state index contributed by atoms with van der Waals surface area (Å²) in [7, 11) is 0. The number of nitrogens with one attached hydrogen (secondary N) is 1. The van der Waals surface area contributed by atoms with Gasteiger partial charge in [0.1, 0.15) is 23.4 Å². The fraction of sp³-hybridized carbons (Fsp3) is 0.250. The minimum absolute atomic E-state index is 0.0578. The van der Waals surface area contributed by atoms with Crippen molar-refractivity contribution in [2.45, 2.75) is 31.5 Å². The van der Waals surface area contributed by atoms with Crippen molar-refractivity contribution in [2.24, 2.45) is 0 Å². The molecule has 1 aliphatic rings. The van der Waals surface area contributed by atoms with Crippen molar-refractivity contribution in [2.75, 3.05) is 5.32 Å². The molecule has 0 unspecified atom stereocenters. The zero-order chi connectivity index (χ0) is 23.3. The smallest absolute Gasteiger partial charge is 0.289 e. The summed E-state index contributed by atoms with van der Waals surface area (Å²) in [4.78, 5) is 21.0. The van der Waals surface area contributed by atoms with Crippen molar-refractivity contribution in [3.05, 3.63) is 70.1 Å². The molecule has 1 fully saturated rings. The number of halogens is 5. The topological polar surface area (TPSA) is 90.0 Å². The van der Waals surface area contributed by atoms with Crippen molar-refractivity contribution in [3.63, 3.8) is 0 Å². The third-order valence-corrected chi connectivity index (χ3v) is 5.48. The Morgan fingerprint density at radius 3 is 2.73 bits per heavy atom. The van der Waals surface area contributed by atoms with Gasteiger partial charge in [0, 0.05) is 16.6 Å². The number of carbonyl (C=O) groups is 1. The maximum absolute atomic E-state index is 13.5. The first-order valence-corrected chi connectivity index (χ1v) is 10.2. The number of anilines is 1. The summed E-state index contributed by atoms with van der Waals surface area (Å²) in [5, 5.41) is 10.5. The van der Waals surface area contributed by atoms with E-state index in [2.05, 4.69) is 25.5 Å². The van der Waals surface area contributed by atoms with Gasteiger partial charge in [-0.1, -0.05) is 17.7 Å². The Morgan fingerprint density at radius 2 is 2.03 bits per heavy atom. The maximum atomic E-state index is 13.5. The van der Waals surface area contributed by atoms with Gasteiger partial charge in [-0.25, -0.2) is 23.6 Å². The highest BCUT2D eigenvalue weighted by atomic mass is 35.5. The first kappa shape index (κ1) is 21.3. The fourth-order valence-corrected chi connectivity index (χ4v) is 3.58. The number of alkyl halides is 3. The highest BCUT2D eigenvalue weighted by Crippen LogP contribution is 2.41. The van der Waals surface area contributed by atoms with Crippen LogP contribution >= 0.6 is 11.6 Å². The van der Waals surface area contributed by atoms with E-state index < -0.39 is 23.6 Å². The van der Waals surface area contributed by atoms with Crippen LogP contribution in [0.25, 0.3) is 5.65 Å². The molecule has 0 radical (unpaired) electrons. The molecular formula is C20H14ClF4N7O. The molecule has 170 valence electrons. The molecule has 3 heterocycles. The molecule has 3 aromatic heterocycles. The molecule has 0 saturated heterocycles. The molecular weight excluding hydrogens is 466 g/mol. The largest absolute Gasteiger partial charge is 0.433 e. The van der Waals surface area contributed by atoms with Crippen molar-refractivity contribution in [1.29, 1.82) is 0 Å². The lowest BCUT2D eigenvalue weighted by Gasteiger charge is -2.11. The number of carbonyl (C=O) groups excluding carboxylic acids is 1. The average Bonchev–Trinajstić information content (AvgIpc) is 3.36. The Hall–Kier alpha value is -3.54. The maximum Gasteiger partial charge on any atom is 0.433 e. The van der Waals surface area contributed by atoms with Gasteiger partial charge in [0.05, 0.1) is 12.7 Å². The van der Waals surface area contributed by atoms with Crippen molar-refractivity contribution < 1.29 is 22.4 Å². The molecule has 1 aliphatic carbocycles. The van der Waals surface area contributed by atoms with Crippen LogP contribution in [0.1, 0.15) is 46.1 Å². The van der Waals surface area contributed by atoms with E-state index in [0.717, 1.165) is 25.1 Å². The highest BCUT2D eigenvalue weighted by molar-refractivity contribution is 6.31. The van der Waals surface area contributed by atoms with Gasteiger partial charge in [-0.15, -0.1) is 5.10 Å². The number of hydrogen-bond acceptors (Lipinski definition) is 5. The molecule has 0 aliphatic heterocycles. The summed E-state index contributed by atoms with van der Waals surface area (Å²) in [6, 6.07) is 4.89. The first-order chi connectivity index (χ1) is 15.7. The van der Waals surface area contributed by atoms with Gasteiger partial charge < -0.3 is 0 Å². The standard InChI is InChI=1S/C20H14ClF4N7O/c21-14-5-12(22)4-3-11(14)8-31-9-26-19(30-31)29-18(33)13-7-27-32-16(20(23,24)25)6-15(10-1-2-10)28-17(13)32/h3-7,9-10H,1-2,8H2,(H,29,30,33). The minimum atomic E-state index is -4.66. The molecule has 0 spiro atoms. The Balaban J connectivity index is 1.40. The lowest BCUT2D eigenvalue weighted by Crippen LogP contribution is -2.17. The van der Waals surface area contributed by atoms with Gasteiger partial charge in [0.15, 0.2) is 5.65 Å². The number of nitrogens with zero attached hydrogens (tertiary/aromatic N) is 6. The Kier molecular flexibility index (Phi) is 5.04. The number of benzene rings is 1. The molecule has 5 rings (SSSR count). The lowest BCUT2D eigenvalue weighted by atomic mass is 10.2. The molecule has 0 atom stereocenters. The van der Waals surface area contributed by atoms with E-state index in [1.165, 1.54) is 29.2 Å². The number of rotatable bonds is 5. The lowest BCUT2D eigenvalue weighted by molar-refractivity contribution is -0.142. The fourth-order valence-electron chi connectivity index (χ4n) is 3.35. The summed E-state index contributed by atoms with van der Waals surface area (Å²) in [5.74, 6) is -1.36. The molecule has 1 saturated carbocycles. The predicted molar refractivity (Wildman–Crippen MR) is 108 cm³/mol. The SMILES string of the molecule is O=C(Nc1ncn(Cc2ccc(F)cc2Cl)n1)c1cnn2c(C(F)(F)F)cc(C3CC3)nc12. The van der Waals surface area contributed by atoms with Crippen LogP contribution in [0.5, 0.6) is 0 Å². The summed E-state index contributed by atoms with van der Waals surface area (Å²) in [6.07, 6.45) is -0.812.